The summed E-state index contributed by atoms with van der Waals surface area (Å²) in [5.74, 6) is -0.480. The molecule has 1 atom stereocenters. The van der Waals surface area contributed by atoms with Gasteiger partial charge in [0.15, 0.2) is 0 Å². The van der Waals surface area contributed by atoms with Gasteiger partial charge in [-0.15, -0.1) is 0 Å². The number of carbonyl (C=O) groups excluding carboxylic acids is 1. The molecule has 0 spiro atoms. The molecule has 8 nitrogen and oxygen atoms in total. The minimum atomic E-state index is -0.607. The first kappa shape index (κ1) is 15.0. The molecular weight excluding hydrogens is 300 g/mol. The van der Waals surface area contributed by atoms with Crippen molar-refractivity contribution in [2.24, 2.45) is 0 Å². The number of hydrogen-bond acceptors (Lipinski definition) is 5. The van der Waals surface area contributed by atoms with E-state index in [1.807, 2.05) is 6.20 Å². The maximum Gasteiger partial charge on any atom is 0.273 e. The third kappa shape index (κ3) is 3.01. The topological polar surface area (TPSA) is 112 Å². The quantitative estimate of drug-likeness (QED) is 0.664. The first-order valence-corrected chi connectivity index (χ1v) is 7.31. The summed E-state index contributed by atoms with van der Waals surface area (Å²) in [7, 11) is 0. The van der Waals surface area contributed by atoms with Gasteiger partial charge in [0.1, 0.15) is 5.75 Å². The Hall–Kier alpha value is -2.90. The summed E-state index contributed by atoms with van der Waals surface area (Å²) in [6.45, 7) is 1.14. The van der Waals surface area contributed by atoms with Crippen molar-refractivity contribution in [3.8, 4) is 5.75 Å². The summed E-state index contributed by atoms with van der Waals surface area (Å²) in [5.41, 5.74) is 0.896. The number of aromatic nitrogens is 2. The molecule has 2 heterocycles. The fraction of sp³-hybridized carbons (Fsp3) is 0.333. The summed E-state index contributed by atoms with van der Waals surface area (Å²) in [4.78, 5) is 24.4. The molecule has 1 saturated heterocycles. The number of aromatic hydroxyl groups is 1. The van der Waals surface area contributed by atoms with Crippen molar-refractivity contribution in [3.63, 3.8) is 0 Å². The van der Waals surface area contributed by atoms with Crippen LogP contribution in [-0.4, -0.2) is 44.1 Å². The van der Waals surface area contributed by atoms with Crippen LogP contribution in [-0.2, 0) is 0 Å². The number of hydrogen-bond donors (Lipinski definition) is 2. The Kier molecular flexibility index (Phi) is 3.96. The number of phenols is 1. The van der Waals surface area contributed by atoms with Crippen LogP contribution in [0.4, 0.5) is 5.69 Å². The molecule has 1 fully saturated rings. The molecule has 1 unspecified atom stereocenters. The molecule has 120 valence electrons. The fourth-order valence-electron chi connectivity index (χ4n) is 2.90. The smallest absolute Gasteiger partial charge is 0.273 e. The molecule has 1 aliphatic rings. The zero-order valence-electron chi connectivity index (χ0n) is 12.3. The zero-order valence-corrected chi connectivity index (χ0v) is 12.3. The molecule has 1 aliphatic heterocycles. The predicted molar refractivity (Wildman–Crippen MR) is 81.2 cm³/mol. The van der Waals surface area contributed by atoms with Crippen molar-refractivity contribution in [1.82, 2.24) is 15.1 Å². The normalized spacial score (nSPS) is 17.9. The highest BCUT2D eigenvalue weighted by molar-refractivity contribution is 5.97. The molecule has 0 aliphatic carbocycles. The van der Waals surface area contributed by atoms with Gasteiger partial charge in [-0.1, -0.05) is 0 Å². The van der Waals surface area contributed by atoms with Crippen LogP contribution in [0.1, 0.15) is 34.7 Å². The van der Waals surface area contributed by atoms with Crippen LogP contribution in [0.3, 0.4) is 0 Å². The van der Waals surface area contributed by atoms with Crippen molar-refractivity contribution in [3.05, 3.63) is 51.8 Å². The van der Waals surface area contributed by atoms with E-state index in [0.29, 0.717) is 13.1 Å². The Morgan fingerprint density at radius 3 is 2.96 bits per heavy atom. The number of carbonyl (C=O) groups is 1. The van der Waals surface area contributed by atoms with E-state index >= 15 is 0 Å². The Balaban J connectivity index is 1.78. The van der Waals surface area contributed by atoms with Crippen LogP contribution >= 0.6 is 0 Å². The monoisotopic (exact) mass is 316 g/mol. The zero-order chi connectivity index (χ0) is 16.4. The summed E-state index contributed by atoms with van der Waals surface area (Å²) < 4.78 is 0. The number of aromatic amines is 1. The third-order valence-corrected chi connectivity index (χ3v) is 4.12. The van der Waals surface area contributed by atoms with E-state index in [4.69, 9.17) is 0 Å². The van der Waals surface area contributed by atoms with Crippen molar-refractivity contribution in [1.29, 1.82) is 0 Å². The van der Waals surface area contributed by atoms with E-state index < -0.39 is 4.92 Å². The molecule has 23 heavy (non-hydrogen) atoms. The van der Waals surface area contributed by atoms with Crippen LogP contribution in [0.5, 0.6) is 5.75 Å². The second-order valence-corrected chi connectivity index (χ2v) is 5.58. The third-order valence-electron chi connectivity index (χ3n) is 4.12. The number of rotatable bonds is 3. The highest BCUT2D eigenvalue weighted by atomic mass is 16.6. The molecule has 0 bridgehead atoms. The van der Waals surface area contributed by atoms with Gasteiger partial charge >= 0.3 is 0 Å². The van der Waals surface area contributed by atoms with Gasteiger partial charge in [0.05, 0.1) is 22.7 Å². The van der Waals surface area contributed by atoms with E-state index in [1.54, 1.807) is 11.1 Å². The van der Waals surface area contributed by atoms with E-state index in [2.05, 4.69) is 10.2 Å². The van der Waals surface area contributed by atoms with Crippen LogP contribution in [0, 0.1) is 10.1 Å². The lowest BCUT2D eigenvalue weighted by molar-refractivity contribution is -0.384. The molecular formula is C15H16N4O4. The molecule has 2 N–H and O–H groups in total. The number of amides is 1. The Labute approximate surface area is 131 Å². The van der Waals surface area contributed by atoms with E-state index in [-0.39, 0.29) is 28.8 Å². The summed E-state index contributed by atoms with van der Waals surface area (Å²) in [6.07, 6.45) is 5.40. The number of phenolic OH excluding ortho intramolecular Hbond substituents is 1. The largest absolute Gasteiger partial charge is 0.507 e. The van der Waals surface area contributed by atoms with E-state index in [9.17, 15) is 20.0 Å². The lowest BCUT2D eigenvalue weighted by atomic mass is 9.92. The Morgan fingerprint density at radius 2 is 2.30 bits per heavy atom. The summed E-state index contributed by atoms with van der Waals surface area (Å²) in [5, 5.41) is 27.3. The average molecular weight is 316 g/mol. The molecule has 2 aromatic rings. The second kappa shape index (κ2) is 6.07. The summed E-state index contributed by atoms with van der Waals surface area (Å²) in [6, 6.07) is 3.53. The standard InChI is InChI=1S/C15H16N4O4/c20-14-6-12(19(22)23)3-4-13(14)15(21)18-5-1-2-10(9-18)11-7-16-17-8-11/h3-4,6-8,10,20H,1-2,5,9H2,(H,16,17). The number of nitrogens with one attached hydrogen (secondary N) is 1. The maximum absolute atomic E-state index is 12.6. The van der Waals surface area contributed by atoms with Gasteiger partial charge in [0, 0.05) is 31.3 Å². The Morgan fingerprint density at radius 1 is 1.48 bits per heavy atom. The number of nitro groups is 1. The second-order valence-electron chi connectivity index (χ2n) is 5.58. The molecule has 0 radical (unpaired) electrons. The number of H-pyrrole nitrogens is 1. The number of nitro benzene ring substituents is 1. The van der Waals surface area contributed by atoms with Gasteiger partial charge in [-0.3, -0.25) is 20.0 Å². The Bertz CT molecular complexity index is 729. The number of likely N-dealkylation sites (tertiary alicyclic amines) is 1. The fourth-order valence-corrected chi connectivity index (χ4v) is 2.90. The number of piperidine rings is 1. The van der Waals surface area contributed by atoms with Crippen LogP contribution in [0.25, 0.3) is 0 Å². The predicted octanol–water partition coefficient (Wildman–Crippen LogP) is 2.04. The van der Waals surface area contributed by atoms with Crippen molar-refractivity contribution < 1.29 is 14.8 Å². The van der Waals surface area contributed by atoms with Gasteiger partial charge in [0.25, 0.3) is 11.6 Å². The molecule has 1 aromatic carbocycles. The molecule has 1 aromatic heterocycles. The molecule has 3 rings (SSSR count). The SMILES string of the molecule is O=C(c1ccc([N+](=O)[O-])cc1O)N1CCCC(c2cn[nH]c2)C1. The highest BCUT2D eigenvalue weighted by Crippen LogP contribution is 2.29. The lowest BCUT2D eigenvalue weighted by Crippen LogP contribution is -2.39. The first-order valence-electron chi connectivity index (χ1n) is 7.31. The summed E-state index contributed by atoms with van der Waals surface area (Å²) >= 11 is 0. The van der Waals surface area contributed by atoms with Gasteiger partial charge < -0.3 is 10.0 Å². The van der Waals surface area contributed by atoms with E-state index in [0.717, 1.165) is 24.5 Å². The lowest BCUT2D eigenvalue weighted by Gasteiger charge is -2.32. The van der Waals surface area contributed by atoms with Crippen LogP contribution < -0.4 is 0 Å². The minimum Gasteiger partial charge on any atom is -0.507 e. The van der Waals surface area contributed by atoms with Gasteiger partial charge in [-0.25, -0.2) is 0 Å². The highest BCUT2D eigenvalue weighted by Gasteiger charge is 2.27. The van der Waals surface area contributed by atoms with Gasteiger partial charge in [0.2, 0.25) is 0 Å². The molecule has 0 saturated carbocycles. The van der Waals surface area contributed by atoms with Crippen LogP contribution in [0.2, 0.25) is 0 Å². The van der Waals surface area contributed by atoms with Crippen molar-refractivity contribution in [2.75, 3.05) is 13.1 Å². The van der Waals surface area contributed by atoms with Crippen molar-refractivity contribution in [2.45, 2.75) is 18.8 Å². The molecule has 1 amide bonds. The number of nitrogens with zero attached hydrogens (tertiary/aromatic N) is 3. The number of non-ortho nitro benzene ring substituents is 1. The van der Waals surface area contributed by atoms with Gasteiger partial charge in [-0.05, 0) is 24.5 Å². The van der Waals surface area contributed by atoms with Gasteiger partial charge in [-0.2, -0.15) is 5.10 Å². The minimum absolute atomic E-state index is 0.0865. The van der Waals surface area contributed by atoms with E-state index in [1.165, 1.54) is 12.1 Å². The van der Waals surface area contributed by atoms with Crippen molar-refractivity contribution >= 4 is 11.6 Å². The average Bonchev–Trinajstić information content (AvgIpc) is 3.08. The number of benzene rings is 1. The maximum atomic E-state index is 12.6. The molecule has 8 heteroatoms. The van der Waals surface area contributed by atoms with Crippen LogP contribution in [0.15, 0.2) is 30.6 Å². The first-order chi connectivity index (χ1) is 11.1.